The van der Waals surface area contributed by atoms with E-state index in [9.17, 15) is 4.79 Å². The van der Waals surface area contributed by atoms with Gasteiger partial charge in [-0.25, -0.2) is 9.36 Å². The topological polar surface area (TPSA) is 30.2 Å². The van der Waals surface area contributed by atoms with Gasteiger partial charge in [0.05, 0.1) is 17.6 Å². The highest BCUT2D eigenvalue weighted by atomic mass is 16.5. The highest BCUT2D eigenvalue weighted by Gasteiger charge is 2.15. The van der Waals surface area contributed by atoms with Gasteiger partial charge in [-0.15, -0.1) is 0 Å². The monoisotopic (exact) mass is 216 g/mol. The Morgan fingerprint density at radius 3 is 2.81 bits per heavy atom. The molecule has 3 heteroatoms. The van der Waals surface area contributed by atoms with Gasteiger partial charge in [-0.05, 0) is 13.0 Å². The average molecular weight is 216 g/mol. The molecule has 1 heterocycles. The molecule has 82 valence electrons. The van der Waals surface area contributed by atoms with Crippen molar-refractivity contribution < 1.29 is 14.1 Å². The number of carbonyl (C=O) groups excluding carboxylic acids is 1. The predicted octanol–water partition coefficient (Wildman–Crippen LogP) is 1.84. The molecule has 0 aliphatic carbocycles. The molecule has 1 aromatic heterocycles. The number of hydrogen-bond donors (Lipinski definition) is 0. The number of carbonyl (C=O) groups is 1. The van der Waals surface area contributed by atoms with Gasteiger partial charge in [0.2, 0.25) is 5.52 Å². The maximum Gasteiger partial charge on any atom is 0.339 e. The van der Waals surface area contributed by atoms with Crippen LogP contribution in [0.4, 0.5) is 0 Å². The minimum absolute atomic E-state index is 0.265. The number of nitrogens with zero attached hydrogens (tertiary/aromatic N) is 1. The molecule has 0 bridgehead atoms. The Balaban J connectivity index is 2.63. The third-order valence-electron chi connectivity index (χ3n) is 2.53. The van der Waals surface area contributed by atoms with Crippen LogP contribution in [0.3, 0.4) is 0 Å². The maximum absolute atomic E-state index is 11.7. The lowest BCUT2D eigenvalue weighted by atomic mass is 10.1. The number of benzene rings is 1. The van der Waals surface area contributed by atoms with Crippen molar-refractivity contribution in [1.29, 1.82) is 0 Å². The number of rotatable bonds is 2. The maximum atomic E-state index is 11.7. The fourth-order valence-corrected chi connectivity index (χ4v) is 1.75. The summed E-state index contributed by atoms with van der Waals surface area (Å²) in [5.41, 5.74) is 1.64. The summed E-state index contributed by atoms with van der Waals surface area (Å²) in [7, 11) is 1.96. The molecule has 0 N–H and O–H groups in total. The highest BCUT2D eigenvalue weighted by molar-refractivity contribution is 6.02. The van der Waals surface area contributed by atoms with Crippen LogP contribution >= 0.6 is 0 Å². The first-order chi connectivity index (χ1) is 7.74. The first-order valence-electron chi connectivity index (χ1n) is 5.28. The first kappa shape index (κ1) is 10.6. The van der Waals surface area contributed by atoms with Crippen molar-refractivity contribution in [2.45, 2.75) is 6.92 Å². The lowest BCUT2D eigenvalue weighted by Crippen LogP contribution is -2.29. The largest absolute Gasteiger partial charge is 0.462 e. The van der Waals surface area contributed by atoms with Gasteiger partial charge in [0.1, 0.15) is 7.05 Å². The van der Waals surface area contributed by atoms with Crippen LogP contribution < -0.4 is 4.57 Å². The van der Waals surface area contributed by atoms with Crippen LogP contribution in [0.25, 0.3) is 10.9 Å². The van der Waals surface area contributed by atoms with Gasteiger partial charge < -0.3 is 4.74 Å². The molecule has 2 aromatic rings. The molecule has 0 amide bonds. The fourth-order valence-electron chi connectivity index (χ4n) is 1.75. The zero-order valence-corrected chi connectivity index (χ0v) is 9.43. The second-order valence-corrected chi connectivity index (χ2v) is 3.58. The molecule has 0 spiro atoms. The molecule has 0 unspecified atom stereocenters. The van der Waals surface area contributed by atoms with E-state index in [1.54, 1.807) is 6.07 Å². The third kappa shape index (κ3) is 1.76. The number of esters is 1. The molecule has 0 aliphatic heterocycles. The Hall–Kier alpha value is -1.90. The van der Waals surface area contributed by atoms with E-state index in [4.69, 9.17) is 4.74 Å². The zero-order valence-electron chi connectivity index (χ0n) is 9.43. The molecule has 0 aliphatic rings. The second kappa shape index (κ2) is 4.31. The van der Waals surface area contributed by atoms with Crippen molar-refractivity contribution in [2.75, 3.05) is 6.61 Å². The molecule has 0 atom stereocenters. The molecule has 2 rings (SSSR count). The molecule has 1 aromatic carbocycles. The van der Waals surface area contributed by atoms with E-state index in [2.05, 4.69) is 0 Å². The number of fused-ring (bicyclic) bond motifs is 1. The van der Waals surface area contributed by atoms with Crippen molar-refractivity contribution in [2.24, 2.45) is 7.05 Å². The quantitative estimate of drug-likeness (QED) is 0.566. The summed E-state index contributed by atoms with van der Waals surface area (Å²) in [6.07, 6.45) is 1.87. The fraction of sp³-hybridized carbons (Fsp3) is 0.231. The van der Waals surface area contributed by atoms with Crippen LogP contribution in [-0.2, 0) is 11.8 Å². The Morgan fingerprint density at radius 2 is 2.06 bits per heavy atom. The van der Waals surface area contributed by atoms with Crippen molar-refractivity contribution in [3.05, 3.63) is 42.1 Å². The van der Waals surface area contributed by atoms with Gasteiger partial charge in [0, 0.05) is 12.1 Å². The normalized spacial score (nSPS) is 10.4. The molecule has 0 saturated carbocycles. The molecular formula is C13H14NO2+. The van der Waals surface area contributed by atoms with Crippen molar-refractivity contribution in [1.82, 2.24) is 0 Å². The van der Waals surface area contributed by atoms with Crippen molar-refractivity contribution in [3.8, 4) is 0 Å². The van der Waals surface area contributed by atoms with E-state index >= 15 is 0 Å². The number of hydrogen-bond acceptors (Lipinski definition) is 2. The van der Waals surface area contributed by atoms with Crippen LogP contribution in [0.15, 0.2) is 36.5 Å². The predicted molar refractivity (Wildman–Crippen MR) is 61.1 cm³/mol. The van der Waals surface area contributed by atoms with Gasteiger partial charge in [0.25, 0.3) is 0 Å². The number of aromatic nitrogens is 1. The molecule has 0 saturated heterocycles. The Morgan fingerprint density at radius 1 is 1.31 bits per heavy atom. The van der Waals surface area contributed by atoms with Crippen LogP contribution in [0.2, 0.25) is 0 Å². The van der Waals surface area contributed by atoms with E-state index in [0.29, 0.717) is 12.2 Å². The Kier molecular flexibility index (Phi) is 2.86. The van der Waals surface area contributed by atoms with E-state index in [1.807, 2.05) is 49.0 Å². The molecule has 0 fully saturated rings. The number of pyridine rings is 1. The number of aryl methyl sites for hydroxylation is 1. The standard InChI is InChI=1S/C13H14NO2/c1-3-16-13(15)11-8-9-14(2)12-7-5-4-6-10(11)12/h4-9H,3H2,1-2H3/q+1. The van der Waals surface area contributed by atoms with Gasteiger partial charge in [0.15, 0.2) is 6.20 Å². The highest BCUT2D eigenvalue weighted by Crippen LogP contribution is 2.15. The number of ether oxygens (including phenoxy) is 1. The summed E-state index contributed by atoms with van der Waals surface area (Å²) in [6.45, 7) is 2.21. The summed E-state index contributed by atoms with van der Waals surface area (Å²) in [5, 5.41) is 0.922. The first-order valence-corrected chi connectivity index (χ1v) is 5.28. The molecule has 0 radical (unpaired) electrons. The summed E-state index contributed by atoms with van der Waals surface area (Å²) in [6, 6.07) is 9.59. The third-order valence-corrected chi connectivity index (χ3v) is 2.53. The van der Waals surface area contributed by atoms with Gasteiger partial charge in [-0.3, -0.25) is 0 Å². The van der Waals surface area contributed by atoms with Crippen LogP contribution in [0.1, 0.15) is 17.3 Å². The van der Waals surface area contributed by atoms with E-state index in [1.165, 1.54) is 0 Å². The van der Waals surface area contributed by atoms with Gasteiger partial charge >= 0.3 is 5.97 Å². The minimum Gasteiger partial charge on any atom is -0.462 e. The van der Waals surface area contributed by atoms with Crippen molar-refractivity contribution >= 4 is 16.9 Å². The second-order valence-electron chi connectivity index (χ2n) is 3.58. The molecule has 3 nitrogen and oxygen atoms in total. The van der Waals surface area contributed by atoms with Gasteiger partial charge in [-0.1, -0.05) is 12.1 Å². The van der Waals surface area contributed by atoms with Gasteiger partial charge in [-0.2, -0.15) is 0 Å². The summed E-state index contributed by atoms with van der Waals surface area (Å²) in [5.74, 6) is -0.265. The van der Waals surface area contributed by atoms with Crippen LogP contribution in [0, 0.1) is 0 Å². The smallest absolute Gasteiger partial charge is 0.339 e. The van der Waals surface area contributed by atoms with E-state index in [0.717, 1.165) is 10.9 Å². The molecular weight excluding hydrogens is 202 g/mol. The minimum atomic E-state index is -0.265. The lowest BCUT2D eigenvalue weighted by Gasteiger charge is -2.04. The average Bonchev–Trinajstić information content (AvgIpc) is 2.30. The van der Waals surface area contributed by atoms with Crippen LogP contribution in [0.5, 0.6) is 0 Å². The number of para-hydroxylation sites is 1. The summed E-state index contributed by atoms with van der Waals surface area (Å²) in [4.78, 5) is 11.7. The summed E-state index contributed by atoms with van der Waals surface area (Å²) < 4.78 is 7.01. The zero-order chi connectivity index (χ0) is 11.5. The van der Waals surface area contributed by atoms with E-state index < -0.39 is 0 Å². The van der Waals surface area contributed by atoms with Crippen LogP contribution in [-0.4, -0.2) is 12.6 Å². The molecule has 16 heavy (non-hydrogen) atoms. The summed E-state index contributed by atoms with van der Waals surface area (Å²) >= 11 is 0. The van der Waals surface area contributed by atoms with Crippen molar-refractivity contribution in [3.63, 3.8) is 0 Å². The lowest BCUT2D eigenvalue weighted by molar-refractivity contribution is -0.644. The SMILES string of the molecule is CCOC(=O)c1cc[n+](C)c2ccccc12. The Labute approximate surface area is 94.3 Å². The Bertz CT molecular complexity index is 534. The van der Waals surface area contributed by atoms with E-state index in [-0.39, 0.29) is 5.97 Å².